The van der Waals surface area contributed by atoms with E-state index in [2.05, 4.69) is 16.7 Å². The summed E-state index contributed by atoms with van der Waals surface area (Å²) in [4.78, 5) is 26.2. The van der Waals surface area contributed by atoms with E-state index in [-0.39, 0.29) is 12.4 Å². The number of methoxy groups -OCH3 is 1. The number of thioether (sulfide) groups is 1. The molecule has 5 nitrogen and oxygen atoms in total. The highest BCUT2D eigenvalue weighted by molar-refractivity contribution is 7.98. The Bertz CT molecular complexity index is 1060. The van der Waals surface area contributed by atoms with Gasteiger partial charge in [0.15, 0.2) is 6.61 Å². The van der Waals surface area contributed by atoms with Crippen molar-refractivity contribution in [3.8, 4) is 5.75 Å². The van der Waals surface area contributed by atoms with Crippen molar-refractivity contribution in [1.82, 2.24) is 4.57 Å². The number of hydrogen-bond acceptors (Lipinski definition) is 5. The Balaban J connectivity index is 1.71. The molecule has 0 saturated carbocycles. The first-order valence-corrected chi connectivity index (χ1v) is 10.8. The van der Waals surface area contributed by atoms with Crippen LogP contribution in [0.2, 0.25) is 0 Å². The number of Topliss-reactive ketones (excluding diaryl/α,β-unsaturated/α-hetero) is 1. The van der Waals surface area contributed by atoms with Gasteiger partial charge in [0.25, 0.3) is 0 Å². The van der Waals surface area contributed by atoms with E-state index in [0.717, 1.165) is 21.8 Å². The molecule has 1 aromatic heterocycles. The van der Waals surface area contributed by atoms with Gasteiger partial charge in [0, 0.05) is 28.4 Å². The number of ether oxygens (including phenoxy) is 2. The highest BCUT2D eigenvalue weighted by Crippen LogP contribution is 2.26. The number of hydrogen-bond donors (Lipinski definition) is 0. The number of esters is 1. The number of carbonyl (C=O) groups is 2. The van der Waals surface area contributed by atoms with Crippen molar-refractivity contribution < 1.29 is 19.1 Å². The molecule has 0 aliphatic heterocycles. The quantitative estimate of drug-likeness (QED) is 0.292. The number of benzene rings is 2. The number of aryl methyl sites for hydroxylation is 1. The second kappa shape index (κ2) is 9.67. The summed E-state index contributed by atoms with van der Waals surface area (Å²) in [6.45, 7) is 4.25. The van der Waals surface area contributed by atoms with Gasteiger partial charge in [-0.1, -0.05) is 30.3 Å². The molecule has 0 unspecified atom stereocenters. The zero-order valence-corrected chi connectivity index (χ0v) is 18.4. The fraction of sp³-hybridized carbons (Fsp3) is 0.250. The van der Waals surface area contributed by atoms with E-state index in [1.807, 2.05) is 50.4 Å². The maximum atomic E-state index is 12.7. The normalized spacial score (nSPS) is 10.7. The SMILES string of the molecule is COc1cc(SC)ccc1C(=O)OCC(=O)c1cc(C)n(Cc2ccccc2)c1C. The molecule has 0 radical (unpaired) electrons. The summed E-state index contributed by atoms with van der Waals surface area (Å²) in [5.74, 6) is -0.373. The van der Waals surface area contributed by atoms with Crippen molar-refractivity contribution in [3.63, 3.8) is 0 Å². The molecule has 2 aromatic carbocycles. The highest BCUT2D eigenvalue weighted by Gasteiger charge is 2.20. The average molecular weight is 424 g/mol. The van der Waals surface area contributed by atoms with Crippen molar-refractivity contribution in [1.29, 1.82) is 0 Å². The molecule has 30 heavy (non-hydrogen) atoms. The Morgan fingerprint density at radius 3 is 2.40 bits per heavy atom. The lowest BCUT2D eigenvalue weighted by Gasteiger charge is -2.11. The van der Waals surface area contributed by atoms with E-state index in [4.69, 9.17) is 9.47 Å². The van der Waals surface area contributed by atoms with Crippen molar-refractivity contribution >= 4 is 23.5 Å². The van der Waals surface area contributed by atoms with Crippen LogP contribution < -0.4 is 4.74 Å². The monoisotopic (exact) mass is 423 g/mol. The van der Waals surface area contributed by atoms with Crippen LogP contribution in [0, 0.1) is 13.8 Å². The molecule has 0 amide bonds. The van der Waals surface area contributed by atoms with Crippen LogP contribution in [-0.2, 0) is 11.3 Å². The lowest BCUT2D eigenvalue weighted by atomic mass is 10.1. The molecule has 0 aliphatic carbocycles. The van der Waals surface area contributed by atoms with E-state index in [1.165, 1.54) is 7.11 Å². The van der Waals surface area contributed by atoms with Gasteiger partial charge in [0.2, 0.25) is 5.78 Å². The molecule has 3 aromatic rings. The smallest absolute Gasteiger partial charge is 0.342 e. The van der Waals surface area contributed by atoms with Gasteiger partial charge in [0.1, 0.15) is 11.3 Å². The second-order valence-electron chi connectivity index (χ2n) is 6.92. The van der Waals surface area contributed by atoms with Gasteiger partial charge in [-0.3, -0.25) is 4.79 Å². The summed E-state index contributed by atoms with van der Waals surface area (Å²) in [6.07, 6.45) is 1.94. The molecule has 0 bridgehead atoms. The van der Waals surface area contributed by atoms with E-state index < -0.39 is 5.97 Å². The molecule has 0 spiro atoms. The summed E-state index contributed by atoms with van der Waals surface area (Å²) in [7, 11) is 1.50. The summed E-state index contributed by atoms with van der Waals surface area (Å²) in [6, 6.07) is 17.2. The number of ketones is 1. The van der Waals surface area contributed by atoms with Crippen molar-refractivity contribution in [2.75, 3.05) is 20.0 Å². The molecule has 0 aliphatic rings. The van der Waals surface area contributed by atoms with Gasteiger partial charge in [0.05, 0.1) is 7.11 Å². The third-order valence-electron chi connectivity index (χ3n) is 5.02. The van der Waals surface area contributed by atoms with E-state index in [0.29, 0.717) is 23.4 Å². The van der Waals surface area contributed by atoms with E-state index in [1.54, 1.807) is 23.9 Å². The van der Waals surface area contributed by atoms with E-state index >= 15 is 0 Å². The number of aromatic nitrogens is 1. The van der Waals surface area contributed by atoms with Gasteiger partial charge in [-0.15, -0.1) is 11.8 Å². The summed E-state index contributed by atoms with van der Waals surface area (Å²) < 4.78 is 12.7. The first kappa shape index (κ1) is 21.7. The largest absolute Gasteiger partial charge is 0.496 e. The van der Waals surface area contributed by atoms with Crippen LogP contribution in [0.5, 0.6) is 5.75 Å². The number of carbonyl (C=O) groups excluding carboxylic acids is 2. The lowest BCUT2D eigenvalue weighted by molar-refractivity contribution is 0.0471. The fourth-order valence-electron chi connectivity index (χ4n) is 3.35. The minimum Gasteiger partial charge on any atom is -0.496 e. The molecule has 156 valence electrons. The van der Waals surface area contributed by atoms with Crippen LogP contribution in [0.1, 0.15) is 37.7 Å². The molecule has 0 atom stereocenters. The topological polar surface area (TPSA) is 57.5 Å². The van der Waals surface area contributed by atoms with Gasteiger partial charge in [-0.2, -0.15) is 0 Å². The Kier molecular flexibility index (Phi) is 7.00. The number of nitrogens with zero attached hydrogens (tertiary/aromatic N) is 1. The Morgan fingerprint density at radius 1 is 1.00 bits per heavy atom. The standard InChI is InChI=1S/C24H25NO4S/c1-16-12-21(17(2)25(16)14-18-8-6-5-7-9-18)22(26)15-29-24(27)20-11-10-19(30-4)13-23(20)28-3/h5-13H,14-15H2,1-4H3. The first-order valence-electron chi connectivity index (χ1n) is 9.57. The molecule has 0 N–H and O–H groups in total. The summed E-state index contributed by atoms with van der Waals surface area (Å²) >= 11 is 1.55. The van der Waals surface area contributed by atoms with Crippen molar-refractivity contribution in [2.45, 2.75) is 25.3 Å². The Morgan fingerprint density at radius 2 is 1.73 bits per heavy atom. The minimum atomic E-state index is -0.578. The van der Waals surface area contributed by atoms with Crippen LogP contribution >= 0.6 is 11.8 Å². The van der Waals surface area contributed by atoms with Gasteiger partial charge < -0.3 is 14.0 Å². The van der Waals surface area contributed by atoms with Gasteiger partial charge in [-0.25, -0.2) is 4.79 Å². The number of rotatable bonds is 8. The second-order valence-corrected chi connectivity index (χ2v) is 7.80. The van der Waals surface area contributed by atoms with Crippen LogP contribution in [0.15, 0.2) is 59.5 Å². The van der Waals surface area contributed by atoms with Gasteiger partial charge >= 0.3 is 5.97 Å². The zero-order chi connectivity index (χ0) is 21.7. The molecule has 6 heteroatoms. The predicted octanol–water partition coefficient (Wildman–Crippen LogP) is 4.92. The van der Waals surface area contributed by atoms with E-state index in [9.17, 15) is 9.59 Å². The van der Waals surface area contributed by atoms with Crippen LogP contribution in [0.4, 0.5) is 0 Å². The van der Waals surface area contributed by atoms with Crippen molar-refractivity contribution in [3.05, 3.63) is 82.7 Å². The van der Waals surface area contributed by atoms with Gasteiger partial charge in [-0.05, 0) is 49.9 Å². The summed E-state index contributed by atoms with van der Waals surface area (Å²) in [5, 5.41) is 0. The van der Waals surface area contributed by atoms with Crippen LogP contribution in [0.25, 0.3) is 0 Å². The maximum Gasteiger partial charge on any atom is 0.342 e. The third kappa shape index (κ3) is 4.76. The predicted molar refractivity (Wildman–Crippen MR) is 119 cm³/mol. The molecular weight excluding hydrogens is 398 g/mol. The minimum absolute atomic E-state index is 0.226. The molecule has 1 heterocycles. The first-order chi connectivity index (χ1) is 14.4. The lowest BCUT2D eigenvalue weighted by Crippen LogP contribution is -2.16. The summed E-state index contributed by atoms with van der Waals surface area (Å²) in [5.41, 5.74) is 3.88. The van der Waals surface area contributed by atoms with Crippen molar-refractivity contribution in [2.24, 2.45) is 0 Å². The zero-order valence-electron chi connectivity index (χ0n) is 17.6. The van der Waals surface area contributed by atoms with Crippen LogP contribution in [0.3, 0.4) is 0 Å². The molecule has 0 saturated heterocycles. The molecular formula is C24H25NO4S. The molecule has 0 fully saturated rings. The highest BCUT2D eigenvalue weighted by atomic mass is 32.2. The fourth-order valence-corrected chi connectivity index (χ4v) is 3.78. The Hall–Kier alpha value is -2.99. The third-order valence-corrected chi connectivity index (χ3v) is 5.75. The Labute approximate surface area is 181 Å². The average Bonchev–Trinajstić information content (AvgIpc) is 3.05. The van der Waals surface area contributed by atoms with Crippen LogP contribution in [-0.4, -0.2) is 36.3 Å². The molecule has 3 rings (SSSR count). The maximum absolute atomic E-state index is 12.7.